The molecular formula is C13H18N2O. The zero-order valence-electron chi connectivity index (χ0n) is 9.99. The normalized spacial score (nSPS) is 13.3. The predicted octanol–water partition coefficient (Wildman–Crippen LogP) is 1.79. The molecule has 3 heteroatoms. The van der Waals surface area contributed by atoms with Gasteiger partial charge in [0.25, 0.3) is 0 Å². The van der Waals surface area contributed by atoms with E-state index in [0.29, 0.717) is 0 Å². The molecule has 1 heterocycles. The van der Waals surface area contributed by atoms with Crippen LogP contribution in [0.2, 0.25) is 0 Å². The van der Waals surface area contributed by atoms with E-state index >= 15 is 0 Å². The molecule has 0 aliphatic rings. The van der Waals surface area contributed by atoms with E-state index in [0.717, 1.165) is 10.9 Å². The maximum atomic E-state index is 9.92. The van der Waals surface area contributed by atoms with Gasteiger partial charge in [-0.15, -0.1) is 0 Å². The molecule has 1 aromatic carbocycles. The highest BCUT2D eigenvalue weighted by Gasteiger charge is 2.16. The summed E-state index contributed by atoms with van der Waals surface area (Å²) in [6.45, 7) is 4.40. The van der Waals surface area contributed by atoms with E-state index in [1.54, 1.807) is 0 Å². The van der Waals surface area contributed by atoms with Gasteiger partial charge in [-0.05, 0) is 25.0 Å². The number of aryl methyl sites for hydroxylation is 3. The Morgan fingerprint density at radius 3 is 2.56 bits per heavy atom. The third kappa shape index (κ3) is 1.52. The largest absolute Gasteiger partial charge is 0.387 e. The number of nitrogens with two attached hydrogens (primary N) is 1. The predicted molar refractivity (Wildman–Crippen MR) is 66.4 cm³/mol. The molecule has 0 bridgehead atoms. The summed E-state index contributed by atoms with van der Waals surface area (Å²) in [4.78, 5) is 0. The van der Waals surface area contributed by atoms with E-state index in [1.165, 1.54) is 16.6 Å². The maximum absolute atomic E-state index is 9.92. The number of hydrogen-bond donors (Lipinski definition) is 2. The summed E-state index contributed by atoms with van der Waals surface area (Å²) in [6, 6.07) is 4.20. The Kier molecular flexibility index (Phi) is 2.74. The van der Waals surface area contributed by atoms with Crippen LogP contribution < -0.4 is 5.73 Å². The monoisotopic (exact) mass is 218 g/mol. The smallest absolute Gasteiger partial charge is 0.0932 e. The molecule has 0 spiro atoms. The van der Waals surface area contributed by atoms with Crippen molar-refractivity contribution in [1.82, 2.24) is 4.57 Å². The number of rotatable bonds is 2. The number of aliphatic hydroxyl groups is 1. The molecule has 3 nitrogen and oxygen atoms in total. The summed E-state index contributed by atoms with van der Waals surface area (Å²) in [6.07, 6.45) is 1.39. The molecule has 0 amide bonds. The summed E-state index contributed by atoms with van der Waals surface area (Å²) in [7, 11) is 2.00. The minimum atomic E-state index is -0.579. The van der Waals surface area contributed by atoms with Crippen LogP contribution in [0.15, 0.2) is 18.3 Å². The third-order valence-corrected chi connectivity index (χ3v) is 3.14. The average Bonchev–Trinajstić information content (AvgIpc) is 2.62. The van der Waals surface area contributed by atoms with Crippen LogP contribution in [-0.4, -0.2) is 16.2 Å². The van der Waals surface area contributed by atoms with Crippen LogP contribution in [0.3, 0.4) is 0 Å². The molecule has 0 saturated heterocycles. The molecule has 16 heavy (non-hydrogen) atoms. The first-order valence-electron chi connectivity index (χ1n) is 5.49. The van der Waals surface area contributed by atoms with Gasteiger partial charge in [0.05, 0.1) is 11.6 Å². The number of nitrogens with zero attached hydrogens (tertiary/aromatic N) is 1. The minimum absolute atomic E-state index is 0.256. The molecule has 3 N–H and O–H groups in total. The highest BCUT2D eigenvalue weighted by Crippen LogP contribution is 2.30. The van der Waals surface area contributed by atoms with Crippen molar-refractivity contribution in [3.05, 3.63) is 35.0 Å². The molecule has 1 aromatic heterocycles. The average molecular weight is 218 g/mol. The molecule has 0 aliphatic heterocycles. The van der Waals surface area contributed by atoms with E-state index in [4.69, 9.17) is 5.73 Å². The minimum Gasteiger partial charge on any atom is -0.387 e. The Morgan fingerprint density at radius 2 is 1.94 bits per heavy atom. The van der Waals surface area contributed by atoms with Crippen molar-refractivity contribution in [2.24, 2.45) is 12.8 Å². The highest BCUT2D eigenvalue weighted by molar-refractivity contribution is 5.90. The second-order valence-electron chi connectivity index (χ2n) is 4.37. The van der Waals surface area contributed by atoms with Crippen molar-refractivity contribution in [1.29, 1.82) is 0 Å². The fourth-order valence-electron chi connectivity index (χ4n) is 2.33. The van der Waals surface area contributed by atoms with Gasteiger partial charge in [0.1, 0.15) is 0 Å². The first kappa shape index (κ1) is 11.2. The van der Waals surface area contributed by atoms with Crippen LogP contribution >= 0.6 is 0 Å². The summed E-state index contributed by atoms with van der Waals surface area (Å²) in [5.41, 5.74) is 10.1. The molecule has 1 unspecified atom stereocenters. The van der Waals surface area contributed by atoms with Crippen LogP contribution in [0.5, 0.6) is 0 Å². The van der Waals surface area contributed by atoms with Gasteiger partial charge in [0.15, 0.2) is 0 Å². The second kappa shape index (κ2) is 3.92. The second-order valence-corrected chi connectivity index (χ2v) is 4.37. The van der Waals surface area contributed by atoms with Crippen LogP contribution in [0, 0.1) is 13.8 Å². The standard InChI is InChI=1S/C13H18N2O/c1-8-4-5-9(2)13-12(8)10(7-15(13)3)11(16)6-14/h4-5,7,11,16H,6,14H2,1-3H3. The van der Waals surface area contributed by atoms with E-state index in [1.807, 2.05) is 13.2 Å². The molecule has 1 atom stereocenters. The van der Waals surface area contributed by atoms with Gasteiger partial charge in [0, 0.05) is 30.7 Å². The lowest BCUT2D eigenvalue weighted by Gasteiger charge is -2.08. The molecule has 0 aliphatic carbocycles. The quantitative estimate of drug-likeness (QED) is 0.807. The molecule has 0 fully saturated rings. The zero-order chi connectivity index (χ0) is 11.9. The summed E-state index contributed by atoms with van der Waals surface area (Å²) in [5, 5.41) is 11.1. The van der Waals surface area contributed by atoms with Gasteiger partial charge >= 0.3 is 0 Å². The van der Waals surface area contributed by atoms with Crippen LogP contribution in [-0.2, 0) is 7.05 Å². The fourth-order valence-corrected chi connectivity index (χ4v) is 2.33. The van der Waals surface area contributed by atoms with Crippen molar-refractivity contribution in [3.63, 3.8) is 0 Å². The van der Waals surface area contributed by atoms with Crippen molar-refractivity contribution in [3.8, 4) is 0 Å². The zero-order valence-corrected chi connectivity index (χ0v) is 9.99. The van der Waals surface area contributed by atoms with Crippen LogP contribution in [0.25, 0.3) is 10.9 Å². The summed E-state index contributed by atoms with van der Waals surface area (Å²) in [5.74, 6) is 0. The van der Waals surface area contributed by atoms with Crippen molar-refractivity contribution in [2.45, 2.75) is 20.0 Å². The third-order valence-electron chi connectivity index (χ3n) is 3.14. The molecule has 86 valence electrons. The highest BCUT2D eigenvalue weighted by atomic mass is 16.3. The first-order chi connectivity index (χ1) is 7.56. The SMILES string of the molecule is Cc1ccc(C)c2c1c(C(O)CN)cn2C. The molecular weight excluding hydrogens is 200 g/mol. The Balaban J connectivity index is 2.82. The number of fused-ring (bicyclic) bond motifs is 1. The van der Waals surface area contributed by atoms with Gasteiger partial charge in [-0.1, -0.05) is 12.1 Å². The summed E-state index contributed by atoms with van der Waals surface area (Å²) >= 11 is 0. The number of aromatic nitrogens is 1. The van der Waals surface area contributed by atoms with Gasteiger partial charge in [-0.3, -0.25) is 0 Å². The molecule has 2 aromatic rings. The lowest BCUT2D eigenvalue weighted by atomic mass is 10.0. The number of hydrogen-bond acceptors (Lipinski definition) is 2. The van der Waals surface area contributed by atoms with E-state index in [-0.39, 0.29) is 6.54 Å². The van der Waals surface area contributed by atoms with E-state index < -0.39 is 6.10 Å². The van der Waals surface area contributed by atoms with Gasteiger partial charge in [-0.2, -0.15) is 0 Å². The summed E-state index contributed by atoms with van der Waals surface area (Å²) < 4.78 is 2.06. The van der Waals surface area contributed by atoms with E-state index in [2.05, 4.69) is 30.5 Å². The van der Waals surface area contributed by atoms with Crippen molar-refractivity contribution < 1.29 is 5.11 Å². The van der Waals surface area contributed by atoms with Gasteiger partial charge < -0.3 is 15.4 Å². The topological polar surface area (TPSA) is 51.2 Å². The molecule has 0 radical (unpaired) electrons. The molecule has 0 saturated carbocycles. The van der Waals surface area contributed by atoms with Gasteiger partial charge in [-0.25, -0.2) is 0 Å². The maximum Gasteiger partial charge on any atom is 0.0932 e. The van der Waals surface area contributed by atoms with Crippen LogP contribution in [0.4, 0.5) is 0 Å². The lowest BCUT2D eigenvalue weighted by molar-refractivity contribution is 0.188. The molecule has 2 rings (SSSR count). The van der Waals surface area contributed by atoms with Crippen molar-refractivity contribution >= 4 is 10.9 Å². The lowest BCUT2D eigenvalue weighted by Crippen LogP contribution is -2.11. The fraction of sp³-hybridized carbons (Fsp3) is 0.385. The number of aliphatic hydroxyl groups excluding tert-OH is 1. The van der Waals surface area contributed by atoms with Crippen molar-refractivity contribution in [2.75, 3.05) is 6.54 Å². The Hall–Kier alpha value is -1.32. The van der Waals surface area contributed by atoms with E-state index in [9.17, 15) is 5.11 Å². The van der Waals surface area contributed by atoms with Crippen LogP contribution in [0.1, 0.15) is 22.8 Å². The van der Waals surface area contributed by atoms with Gasteiger partial charge in [0.2, 0.25) is 0 Å². The first-order valence-corrected chi connectivity index (χ1v) is 5.49. The number of benzene rings is 1. The Morgan fingerprint density at radius 1 is 1.31 bits per heavy atom. The Bertz CT molecular complexity index is 528. The Labute approximate surface area is 95.5 Å².